The number of ketones is 1. The van der Waals surface area contributed by atoms with E-state index in [1.165, 1.54) is 13.8 Å². The molecule has 19 heavy (non-hydrogen) atoms. The van der Waals surface area contributed by atoms with Crippen molar-refractivity contribution in [3.05, 3.63) is 30.3 Å². The average Bonchev–Trinajstić information content (AvgIpc) is 2.20. The van der Waals surface area contributed by atoms with Gasteiger partial charge in [-0.3, -0.25) is 0 Å². The van der Waals surface area contributed by atoms with Gasteiger partial charge < -0.3 is 19.3 Å². The van der Waals surface area contributed by atoms with Crippen LogP contribution in [0.25, 0.3) is 0 Å². The third kappa shape index (κ3) is 21.2. The average molecular weight is 285 g/mol. The molecule has 0 N–H and O–H groups in total. The predicted octanol–water partition coefficient (Wildman–Crippen LogP) is -0.425. The van der Waals surface area contributed by atoms with Crippen molar-refractivity contribution >= 4 is 5.78 Å². The second-order valence-corrected chi connectivity index (χ2v) is 2.90. The van der Waals surface area contributed by atoms with E-state index in [0.717, 1.165) is 0 Å². The minimum absolute atomic E-state index is 0.167. The van der Waals surface area contributed by atoms with Gasteiger partial charge in [0.25, 0.3) is 15.3 Å². The van der Waals surface area contributed by atoms with Crippen molar-refractivity contribution in [1.29, 1.82) is 0 Å². The lowest BCUT2D eigenvalue weighted by atomic mass is 10.4. The number of nitrogens with zero attached hydrogens (tertiary/aromatic N) is 3. The van der Waals surface area contributed by atoms with Gasteiger partial charge in [0.05, 0.1) is 0 Å². The Morgan fingerprint density at radius 2 is 1.26 bits per heavy atom. The van der Waals surface area contributed by atoms with Crippen molar-refractivity contribution in [2.45, 2.75) is 20.0 Å². The number of carbonyl (C=O) groups is 1. The SMILES string of the molecule is CC(C)=O.O=[N+]([O-])OCC(CO[N+](=O)[O-])O[N+](=O)[O-]. The maximum absolute atomic E-state index is 9.83. The van der Waals surface area contributed by atoms with E-state index in [-0.39, 0.29) is 5.78 Å². The zero-order chi connectivity index (χ0) is 15.4. The third-order valence-corrected chi connectivity index (χ3v) is 0.967. The first-order chi connectivity index (χ1) is 8.65. The van der Waals surface area contributed by atoms with Crippen LogP contribution in [0.2, 0.25) is 0 Å². The van der Waals surface area contributed by atoms with Gasteiger partial charge in [-0.25, -0.2) is 0 Å². The summed E-state index contributed by atoms with van der Waals surface area (Å²) in [5.41, 5.74) is 0. The molecule has 13 heteroatoms. The van der Waals surface area contributed by atoms with E-state index in [1.807, 2.05) is 0 Å². The van der Waals surface area contributed by atoms with Gasteiger partial charge in [0.15, 0.2) is 6.10 Å². The predicted molar refractivity (Wildman–Crippen MR) is 54.1 cm³/mol. The molecule has 0 heterocycles. The molecule has 110 valence electrons. The minimum atomic E-state index is -1.55. The van der Waals surface area contributed by atoms with Crippen molar-refractivity contribution < 1.29 is 34.6 Å². The highest BCUT2D eigenvalue weighted by atomic mass is 17.0. The van der Waals surface area contributed by atoms with Crippen LogP contribution in [-0.2, 0) is 19.3 Å². The number of hydrogen-bond acceptors (Lipinski definition) is 10. The standard InChI is InChI=1S/C3H5N3O9.C3H6O/c7-4(8)13-1-3(15-6(11)12)2-14-5(9)10;1-3(2)4/h3H,1-2H2;1-2H3. The van der Waals surface area contributed by atoms with E-state index in [9.17, 15) is 35.1 Å². The van der Waals surface area contributed by atoms with Crippen molar-refractivity contribution in [3.63, 3.8) is 0 Å². The first kappa shape index (κ1) is 18.6. The van der Waals surface area contributed by atoms with Crippen LogP contribution in [0.3, 0.4) is 0 Å². The zero-order valence-electron chi connectivity index (χ0n) is 9.92. The van der Waals surface area contributed by atoms with Gasteiger partial charge in [0, 0.05) is 0 Å². The van der Waals surface area contributed by atoms with E-state index in [2.05, 4.69) is 14.5 Å². The number of Topliss-reactive ketones (excluding diaryl/α,β-unsaturated/α-hetero) is 1. The molecule has 0 aromatic rings. The Morgan fingerprint density at radius 3 is 1.47 bits per heavy atom. The summed E-state index contributed by atoms with van der Waals surface area (Å²) in [5.74, 6) is 0.167. The second kappa shape index (κ2) is 10.4. The van der Waals surface area contributed by atoms with Gasteiger partial charge in [-0.05, 0) is 13.8 Å². The normalized spacial score (nSPS) is 8.79. The van der Waals surface area contributed by atoms with E-state index in [1.54, 1.807) is 0 Å². The monoisotopic (exact) mass is 285 g/mol. The molecular formula is C6H11N3O10. The summed E-state index contributed by atoms with van der Waals surface area (Å²) in [4.78, 5) is 50.0. The maximum atomic E-state index is 9.83. The molecule has 0 saturated carbocycles. The highest BCUT2D eigenvalue weighted by Gasteiger charge is 2.17. The molecule has 0 aromatic carbocycles. The summed E-state index contributed by atoms with van der Waals surface area (Å²) in [7, 11) is 0. The molecule has 0 rings (SSSR count). The topological polar surface area (TPSA) is 174 Å². The molecule has 0 fully saturated rings. The van der Waals surface area contributed by atoms with Gasteiger partial charge in [-0.2, -0.15) is 0 Å². The number of hydrogen-bond donors (Lipinski definition) is 0. The third-order valence-electron chi connectivity index (χ3n) is 0.967. The molecule has 0 spiro atoms. The summed E-state index contributed by atoms with van der Waals surface area (Å²) in [6, 6.07) is 0. The molecule has 0 saturated heterocycles. The first-order valence-electron chi connectivity index (χ1n) is 4.48. The first-order valence-corrected chi connectivity index (χ1v) is 4.48. The van der Waals surface area contributed by atoms with Crippen molar-refractivity contribution in [2.24, 2.45) is 0 Å². The fourth-order valence-corrected chi connectivity index (χ4v) is 0.519. The molecule has 0 amide bonds. The molecule has 0 radical (unpaired) electrons. The van der Waals surface area contributed by atoms with Crippen LogP contribution < -0.4 is 0 Å². The Kier molecular flexibility index (Phi) is 10.2. The summed E-state index contributed by atoms with van der Waals surface area (Å²) >= 11 is 0. The second-order valence-electron chi connectivity index (χ2n) is 2.90. The molecule has 0 aliphatic heterocycles. The van der Waals surface area contributed by atoms with Crippen LogP contribution >= 0.6 is 0 Å². The molecular weight excluding hydrogens is 274 g/mol. The smallest absolute Gasteiger partial charge is 0.294 e. The lowest BCUT2D eigenvalue weighted by Crippen LogP contribution is -2.30. The summed E-state index contributed by atoms with van der Waals surface area (Å²) in [5, 5.41) is 25.5. The molecule has 13 nitrogen and oxygen atoms in total. The van der Waals surface area contributed by atoms with Crippen molar-refractivity contribution in [3.8, 4) is 0 Å². The molecule has 0 unspecified atom stereocenters. The lowest BCUT2D eigenvalue weighted by molar-refractivity contribution is -0.803. The Hall–Kier alpha value is -2.73. The Morgan fingerprint density at radius 1 is 0.947 bits per heavy atom. The van der Waals surface area contributed by atoms with Crippen LogP contribution in [-0.4, -0.2) is 40.4 Å². The molecule has 0 aliphatic carbocycles. The fraction of sp³-hybridized carbons (Fsp3) is 0.833. The van der Waals surface area contributed by atoms with E-state index in [0.29, 0.717) is 0 Å². The van der Waals surface area contributed by atoms with Gasteiger partial charge in [-0.1, -0.05) is 0 Å². The van der Waals surface area contributed by atoms with E-state index < -0.39 is 34.6 Å². The Bertz CT molecular complexity index is 309. The fourth-order valence-electron chi connectivity index (χ4n) is 0.519. The van der Waals surface area contributed by atoms with Crippen LogP contribution in [0.4, 0.5) is 0 Å². The van der Waals surface area contributed by atoms with Crippen LogP contribution in [0, 0.1) is 30.3 Å². The maximum Gasteiger partial charge on any atom is 0.294 e. The molecule has 0 aromatic heterocycles. The zero-order valence-corrected chi connectivity index (χ0v) is 9.92. The van der Waals surface area contributed by atoms with Gasteiger partial charge in [0.2, 0.25) is 0 Å². The minimum Gasteiger partial charge on any atom is -0.311 e. The molecule has 0 aliphatic rings. The highest BCUT2D eigenvalue weighted by Crippen LogP contribution is 1.96. The largest absolute Gasteiger partial charge is 0.311 e. The van der Waals surface area contributed by atoms with E-state index >= 15 is 0 Å². The number of rotatable bonds is 8. The van der Waals surface area contributed by atoms with Gasteiger partial charge in [0.1, 0.15) is 19.0 Å². The van der Waals surface area contributed by atoms with Crippen LogP contribution in [0.1, 0.15) is 13.8 Å². The van der Waals surface area contributed by atoms with Gasteiger partial charge >= 0.3 is 0 Å². The Labute approximate surface area is 105 Å². The molecule has 0 atom stereocenters. The summed E-state index contributed by atoms with van der Waals surface area (Å²) in [6.07, 6.45) is -1.55. The van der Waals surface area contributed by atoms with Crippen LogP contribution in [0.15, 0.2) is 0 Å². The lowest BCUT2D eigenvalue weighted by Gasteiger charge is -2.11. The molecule has 0 bridgehead atoms. The summed E-state index contributed by atoms with van der Waals surface area (Å²) in [6.45, 7) is 1.36. The van der Waals surface area contributed by atoms with Crippen LogP contribution in [0.5, 0.6) is 0 Å². The Balaban J connectivity index is 0. The van der Waals surface area contributed by atoms with Crippen molar-refractivity contribution in [1.82, 2.24) is 0 Å². The van der Waals surface area contributed by atoms with Crippen molar-refractivity contribution in [2.75, 3.05) is 13.2 Å². The summed E-state index contributed by atoms with van der Waals surface area (Å²) < 4.78 is 0. The quantitative estimate of drug-likeness (QED) is 0.420. The van der Waals surface area contributed by atoms with E-state index in [4.69, 9.17) is 0 Å². The highest BCUT2D eigenvalue weighted by molar-refractivity contribution is 5.72. The van der Waals surface area contributed by atoms with Gasteiger partial charge in [-0.15, -0.1) is 30.3 Å². The number of carbonyl (C=O) groups excluding carboxylic acids is 1.